The molecule has 0 aliphatic carbocycles. The maximum Gasteiger partial charge on any atom is 0.336 e. The molecule has 0 saturated carbocycles. The molecule has 4 heteroatoms. The van der Waals surface area contributed by atoms with Gasteiger partial charge in [0, 0.05) is 13.2 Å². The summed E-state index contributed by atoms with van der Waals surface area (Å²) in [4.78, 5) is 13.3. The molecule has 0 aromatic heterocycles. The van der Waals surface area contributed by atoms with Crippen molar-refractivity contribution in [2.75, 3.05) is 20.2 Å². The average Bonchev–Trinajstić information content (AvgIpc) is 2.92. The predicted octanol–water partition coefficient (Wildman–Crippen LogP) is 2.78. The number of benzene rings is 1. The first-order valence-corrected chi connectivity index (χ1v) is 7.28. The Kier molecular flexibility index (Phi) is 5.56. The van der Waals surface area contributed by atoms with Gasteiger partial charge in [0.05, 0.1) is 11.7 Å². The number of nitrogens with zero attached hydrogens (tertiary/aromatic N) is 1. The molecule has 0 bridgehead atoms. The van der Waals surface area contributed by atoms with Gasteiger partial charge in [0.15, 0.2) is 0 Å². The largest absolute Gasteiger partial charge is 0.478 e. The second-order valence-electron chi connectivity index (χ2n) is 5.48. The first-order chi connectivity index (χ1) is 9.66. The van der Waals surface area contributed by atoms with Crippen LogP contribution >= 0.6 is 0 Å². The number of carbonyl (C=O) groups is 1. The van der Waals surface area contributed by atoms with E-state index < -0.39 is 5.97 Å². The van der Waals surface area contributed by atoms with Crippen LogP contribution in [-0.4, -0.2) is 42.3 Å². The zero-order valence-corrected chi connectivity index (χ0v) is 12.0. The molecule has 1 N–H and O–H groups in total. The molecule has 1 aromatic rings. The summed E-state index contributed by atoms with van der Waals surface area (Å²) < 4.78 is 5.61. The molecule has 1 aliphatic rings. The van der Waals surface area contributed by atoms with Gasteiger partial charge in [-0.05, 0) is 50.9 Å². The molecule has 4 nitrogen and oxygen atoms in total. The van der Waals surface area contributed by atoms with Crippen molar-refractivity contribution in [1.29, 1.82) is 0 Å². The Bertz CT molecular complexity index is 441. The highest BCUT2D eigenvalue weighted by Crippen LogP contribution is 2.17. The summed E-state index contributed by atoms with van der Waals surface area (Å²) in [6.07, 6.45) is 5.01. The van der Waals surface area contributed by atoms with Gasteiger partial charge in [0.2, 0.25) is 0 Å². The maximum absolute atomic E-state index is 11.2. The highest BCUT2D eigenvalue weighted by molar-refractivity contribution is 5.89. The van der Waals surface area contributed by atoms with Gasteiger partial charge in [-0.1, -0.05) is 18.2 Å². The summed E-state index contributed by atoms with van der Waals surface area (Å²) in [6.45, 7) is 2.55. The summed E-state index contributed by atoms with van der Waals surface area (Å²) in [5.41, 5.74) is 1.28. The van der Waals surface area contributed by atoms with Crippen LogP contribution in [0.25, 0.3) is 0 Å². The third-order valence-electron chi connectivity index (χ3n) is 3.78. The zero-order valence-electron chi connectivity index (χ0n) is 12.0. The molecular weight excluding hydrogens is 254 g/mol. The van der Waals surface area contributed by atoms with Gasteiger partial charge in [-0.2, -0.15) is 0 Å². The third-order valence-corrected chi connectivity index (χ3v) is 3.78. The average molecular weight is 277 g/mol. The Morgan fingerprint density at radius 2 is 2.25 bits per heavy atom. The highest BCUT2D eigenvalue weighted by Gasteiger charge is 2.15. The van der Waals surface area contributed by atoms with Crippen LogP contribution < -0.4 is 0 Å². The van der Waals surface area contributed by atoms with Crippen LogP contribution in [0.1, 0.15) is 41.6 Å². The molecule has 1 aliphatic heterocycles. The van der Waals surface area contributed by atoms with E-state index in [9.17, 15) is 4.79 Å². The van der Waals surface area contributed by atoms with E-state index >= 15 is 0 Å². The van der Waals surface area contributed by atoms with Crippen molar-refractivity contribution in [1.82, 2.24) is 4.90 Å². The van der Waals surface area contributed by atoms with Crippen molar-refractivity contribution in [3.05, 3.63) is 35.4 Å². The molecule has 0 amide bonds. The quantitative estimate of drug-likeness (QED) is 0.832. The smallest absolute Gasteiger partial charge is 0.336 e. The molecule has 1 aromatic carbocycles. The fourth-order valence-electron chi connectivity index (χ4n) is 2.70. The predicted molar refractivity (Wildman–Crippen MR) is 77.9 cm³/mol. The van der Waals surface area contributed by atoms with Crippen LogP contribution in [0.4, 0.5) is 0 Å². The number of rotatable bonds is 7. The molecule has 1 atom stereocenters. The third kappa shape index (κ3) is 4.32. The van der Waals surface area contributed by atoms with Gasteiger partial charge < -0.3 is 14.7 Å². The van der Waals surface area contributed by atoms with E-state index in [0.29, 0.717) is 18.2 Å². The molecule has 0 radical (unpaired) electrons. The lowest BCUT2D eigenvalue weighted by molar-refractivity contribution is 0.0694. The van der Waals surface area contributed by atoms with Gasteiger partial charge in [0.25, 0.3) is 0 Å². The highest BCUT2D eigenvalue weighted by atomic mass is 16.5. The Morgan fingerprint density at radius 3 is 2.95 bits per heavy atom. The Balaban J connectivity index is 1.78. The molecule has 110 valence electrons. The monoisotopic (exact) mass is 277 g/mol. The minimum Gasteiger partial charge on any atom is -0.478 e. The first kappa shape index (κ1) is 15.0. The van der Waals surface area contributed by atoms with Crippen LogP contribution in [-0.2, 0) is 11.3 Å². The van der Waals surface area contributed by atoms with E-state index in [2.05, 4.69) is 4.90 Å². The summed E-state index contributed by atoms with van der Waals surface area (Å²) >= 11 is 0. The zero-order chi connectivity index (χ0) is 14.4. The lowest BCUT2D eigenvalue weighted by Gasteiger charge is -2.18. The molecule has 0 spiro atoms. The van der Waals surface area contributed by atoms with Crippen molar-refractivity contribution in [2.45, 2.75) is 38.3 Å². The lowest BCUT2D eigenvalue weighted by atomic mass is 10.1. The Labute approximate surface area is 120 Å². The minimum atomic E-state index is -0.853. The number of aromatic carboxylic acids is 1. The molecule has 20 heavy (non-hydrogen) atoms. The van der Waals surface area contributed by atoms with Gasteiger partial charge in [-0.25, -0.2) is 4.79 Å². The van der Waals surface area contributed by atoms with E-state index in [4.69, 9.17) is 9.84 Å². The summed E-state index contributed by atoms with van der Waals surface area (Å²) in [5, 5.41) is 9.16. The van der Waals surface area contributed by atoms with Crippen molar-refractivity contribution in [3.8, 4) is 0 Å². The minimum absolute atomic E-state index is 0.401. The van der Waals surface area contributed by atoms with Gasteiger partial charge in [-0.3, -0.25) is 0 Å². The van der Waals surface area contributed by atoms with Crippen molar-refractivity contribution in [2.24, 2.45) is 0 Å². The number of hydrogen-bond acceptors (Lipinski definition) is 3. The lowest BCUT2D eigenvalue weighted by Crippen LogP contribution is -2.21. The SMILES string of the molecule is CN(CCCC1CCCO1)Cc1ccccc1C(=O)O. The maximum atomic E-state index is 11.2. The molecule has 2 rings (SSSR count). The van der Waals surface area contributed by atoms with E-state index in [0.717, 1.165) is 31.6 Å². The summed E-state index contributed by atoms with van der Waals surface area (Å²) in [6, 6.07) is 7.21. The molecular formula is C16H23NO3. The van der Waals surface area contributed by atoms with Crippen molar-refractivity contribution < 1.29 is 14.6 Å². The molecule has 1 unspecified atom stereocenters. The van der Waals surface area contributed by atoms with E-state index in [1.807, 2.05) is 19.2 Å². The van der Waals surface area contributed by atoms with Crippen LogP contribution in [0.15, 0.2) is 24.3 Å². The van der Waals surface area contributed by atoms with Crippen molar-refractivity contribution >= 4 is 5.97 Å². The van der Waals surface area contributed by atoms with Crippen molar-refractivity contribution in [3.63, 3.8) is 0 Å². The normalized spacial score (nSPS) is 18.6. The number of carboxylic acids is 1. The van der Waals surface area contributed by atoms with Crippen LogP contribution in [0, 0.1) is 0 Å². The van der Waals surface area contributed by atoms with Crippen LogP contribution in [0.5, 0.6) is 0 Å². The number of hydrogen-bond donors (Lipinski definition) is 1. The van der Waals surface area contributed by atoms with Gasteiger partial charge in [-0.15, -0.1) is 0 Å². The van der Waals surface area contributed by atoms with Gasteiger partial charge in [0.1, 0.15) is 0 Å². The fraction of sp³-hybridized carbons (Fsp3) is 0.562. The second kappa shape index (κ2) is 7.41. The Morgan fingerprint density at radius 1 is 1.45 bits per heavy atom. The second-order valence-corrected chi connectivity index (χ2v) is 5.48. The fourth-order valence-corrected chi connectivity index (χ4v) is 2.70. The number of carboxylic acid groups (broad SMARTS) is 1. The van der Waals surface area contributed by atoms with Crippen LogP contribution in [0.2, 0.25) is 0 Å². The van der Waals surface area contributed by atoms with Crippen LogP contribution in [0.3, 0.4) is 0 Å². The molecule has 1 fully saturated rings. The topological polar surface area (TPSA) is 49.8 Å². The van der Waals surface area contributed by atoms with E-state index in [1.54, 1.807) is 12.1 Å². The number of ether oxygens (including phenoxy) is 1. The molecule has 1 saturated heterocycles. The Hall–Kier alpha value is -1.39. The van der Waals surface area contributed by atoms with Gasteiger partial charge >= 0.3 is 5.97 Å². The van der Waals surface area contributed by atoms with E-state index in [1.165, 1.54) is 12.8 Å². The summed E-state index contributed by atoms with van der Waals surface area (Å²) in [7, 11) is 2.04. The van der Waals surface area contributed by atoms with E-state index in [-0.39, 0.29) is 0 Å². The standard InChI is InChI=1S/C16H23NO3/c1-17(10-4-7-14-8-5-11-20-14)12-13-6-2-3-9-15(13)16(18)19/h2-3,6,9,14H,4-5,7-8,10-12H2,1H3,(H,18,19). The summed E-state index contributed by atoms with van der Waals surface area (Å²) in [5.74, 6) is -0.853. The first-order valence-electron chi connectivity index (χ1n) is 7.28. The molecule has 1 heterocycles.